The normalized spacial score (nSPS) is 20.9. The average Bonchev–Trinajstić information content (AvgIpc) is 2.25. The topological polar surface area (TPSA) is 66.4 Å². The van der Waals surface area contributed by atoms with E-state index in [9.17, 15) is 17.9 Å². The highest BCUT2D eigenvalue weighted by atomic mass is 32.2. The van der Waals surface area contributed by atoms with Crippen molar-refractivity contribution >= 4 is 10.0 Å². The van der Waals surface area contributed by atoms with E-state index in [1.54, 1.807) is 0 Å². The van der Waals surface area contributed by atoms with Crippen LogP contribution in [0.1, 0.15) is 38.5 Å². The molecule has 0 radical (unpaired) electrons. The van der Waals surface area contributed by atoms with Gasteiger partial charge in [-0.25, -0.2) is 13.1 Å². The first kappa shape index (κ1) is 13.9. The third-order valence-corrected chi connectivity index (χ3v) is 4.36. The second kappa shape index (κ2) is 5.93. The second-order valence-corrected chi connectivity index (χ2v) is 6.39. The van der Waals surface area contributed by atoms with Crippen LogP contribution in [0.3, 0.4) is 0 Å². The van der Waals surface area contributed by atoms with Gasteiger partial charge in [0.2, 0.25) is 10.0 Å². The lowest BCUT2D eigenvalue weighted by molar-refractivity contribution is 0.00945. The Balaban J connectivity index is 2.37. The number of hydrogen-bond acceptors (Lipinski definition) is 3. The van der Waals surface area contributed by atoms with Gasteiger partial charge in [-0.15, -0.1) is 0 Å². The summed E-state index contributed by atoms with van der Waals surface area (Å²) in [5.41, 5.74) is -0.902. The Bertz CT molecular complexity index is 299. The number of rotatable bonds is 6. The lowest BCUT2D eigenvalue weighted by Crippen LogP contribution is -2.44. The van der Waals surface area contributed by atoms with Gasteiger partial charge in [-0.05, 0) is 19.3 Å². The molecule has 0 aromatic rings. The smallest absolute Gasteiger partial charge is 0.211 e. The van der Waals surface area contributed by atoms with E-state index in [0.29, 0.717) is 12.8 Å². The molecule has 1 aliphatic carbocycles. The Morgan fingerprint density at radius 3 is 2.44 bits per heavy atom. The maximum absolute atomic E-state index is 11.9. The van der Waals surface area contributed by atoms with E-state index in [1.807, 2.05) is 0 Å². The van der Waals surface area contributed by atoms with Gasteiger partial charge in [0, 0.05) is 6.54 Å². The first-order valence-corrected chi connectivity index (χ1v) is 7.38. The summed E-state index contributed by atoms with van der Waals surface area (Å²) in [6.45, 7) is -0.577. The minimum absolute atomic E-state index is 0.00770. The van der Waals surface area contributed by atoms with Gasteiger partial charge in [-0.3, -0.25) is 4.39 Å². The molecule has 0 aromatic carbocycles. The molecule has 0 heterocycles. The molecule has 96 valence electrons. The third-order valence-electron chi connectivity index (χ3n) is 2.95. The van der Waals surface area contributed by atoms with Gasteiger partial charge in [-0.1, -0.05) is 19.3 Å². The Hall–Kier alpha value is -0.200. The van der Waals surface area contributed by atoms with Crippen LogP contribution in [0, 0.1) is 0 Å². The highest BCUT2D eigenvalue weighted by Gasteiger charge is 2.30. The molecular weight excluding hydrogens is 233 g/mol. The summed E-state index contributed by atoms with van der Waals surface area (Å²) in [6.07, 6.45) is 4.24. The summed E-state index contributed by atoms with van der Waals surface area (Å²) in [5, 5.41) is 10.1. The van der Waals surface area contributed by atoms with E-state index >= 15 is 0 Å². The molecule has 1 aliphatic rings. The van der Waals surface area contributed by atoms with E-state index in [0.717, 1.165) is 19.3 Å². The van der Waals surface area contributed by atoms with E-state index in [2.05, 4.69) is 4.72 Å². The fourth-order valence-corrected chi connectivity index (χ4v) is 3.07. The van der Waals surface area contributed by atoms with E-state index in [1.165, 1.54) is 0 Å². The van der Waals surface area contributed by atoms with Crippen LogP contribution in [0.2, 0.25) is 0 Å². The summed E-state index contributed by atoms with van der Waals surface area (Å²) in [5.74, 6) is -0.209. The zero-order valence-electron chi connectivity index (χ0n) is 9.41. The molecule has 0 spiro atoms. The molecule has 2 N–H and O–H groups in total. The maximum atomic E-state index is 11.9. The van der Waals surface area contributed by atoms with Gasteiger partial charge in [0.15, 0.2) is 0 Å². The van der Waals surface area contributed by atoms with Crippen LogP contribution in [0.15, 0.2) is 0 Å². The van der Waals surface area contributed by atoms with Crippen molar-refractivity contribution in [2.45, 2.75) is 44.1 Å². The molecule has 0 bridgehead atoms. The van der Waals surface area contributed by atoms with E-state index < -0.39 is 22.3 Å². The first-order valence-electron chi connectivity index (χ1n) is 5.73. The van der Waals surface area contributed by atoms with Crippen LogP contribution < -0.4 is 4.72 Å². The van der Waals surface area contributed by atoms with Crippen LogP contribution in [-0.4, -0.2) is 38.1 Å². The highest BCUT2D eigenvalue weighted by Crippen LogP contribution is 2.27. The standard InChI is InChI=1S/C10H20FNO3S/c11-7-4-8-16(14,15)12-9-10(13)5-2-1-3-6-10/h12-13H,1-9H2. The zero-order valence-corrected chi connectivity index (χ0v) is 10.2. The third kappa shape index (κ3) is 4.76. The van der Waals surface area contributed by atoms with E-state index in [-0.39, 0.29) is 18.7 Å². The number of sulfonamides is 1. The molecule has 0 aromatic heterocycles. The summed E-state index contributed by atoms with van der Waals surface area (Å²) in [6, 6.07) is 0. The molecule has 1 fully saturated rings. The van der Waals surface area contributed by atoms with E-state index in [4.69, 9.17) is 0 Å². The van der Waals surface area contributed by atoms with Crippen molar-refractivity contribution in [2.24, 2.45) is 0 Å². The Labute approximate surface area is 96.3 Å². The van der Waals surface area contributed by atoms with Crippen molar-refractivity contribution in [2.75, 3.05) is 19.0 Å². The molecule has 0 unspecified atom stereocenters. The summed E-state index contributed by atoms with van der Waals surface area (Å²) in [7, 11) is -3.43. The van der Waals surface area contributed by atoms with Crippen molar-refractivity contribution in [3.8, 4) is 0 Å². The van der Waals surface area contributed by atoms with Crippen LogP contribution >= 0.6 is 0 Å². The van der Waals surface area contributed by atoms with Crippen molar-refractivity contribution in [1.29, 1.82) is 0 Å². The largest absolute Gasteiger partial charge is 0.389 e. The quantitative estimate of drug-likeness (QED) is 0.741. The predicted octanol–water partition coefficient (Wildman–Crippen LogP) is 0.961. The molecule has 4 nitrogen and oxygen atoms in total. The van der Waals surface area contributed by atoms with Gasteiger partial charge in [0.1, 0.15) is 0 Å². The van der Waals surface area contributed by atoms with Gasteiger partial charge in [-0.2, -0.15) is 0 Å². The molecule has 6 heteroatoms. The SMILES string of the molecule is O=S(=O)(CCCF)NCC1(O)CCCCC1. The minimum Gasteiger partial charge on any atom is -0.389 e. The van der Waals surface area contributed by atoms with Crippen molar-refractivity contribution in [1.82, 2.24) is 4.72 Å². The van der Waals surface area contributed by atoms with Gasteiger partial charge < -0.3 is 5.11 Å². The molecule has 1 saturated carbocycles. The van der Waals surface area contributed by atoms with Crippen molar-refractivity contribution in [3.05, 3.63) is 0 Å². The zero-order chi connectivity index (χ0) is 12.1. The lowest BCUT2D eigenvalue weighted by atomic mass is 9.85. The molecule has 0 atom stereocenters. The molecule has 0 saturated heterocycles. The molecule has 0 amide bonds. The predicted molar refractivity (Wildman–Crippen MR) is 60.4 cm³/mol. The van der Waals surface area contributed by atoms with Crippen LogP contribution in [0.5, 0.6) is 0 Å². The number of aliphatic hydroxyl groups is 1. The first-order chi connectivity index (χ1) is 7.47. The maximum Gasteiger partial charge on any atom is 0.211 e. The number of nitrogens with one attached hydrogen (secondary N) is 1. The lowest BCUT2D eigenvalue weighted by Gasteiger charge is -2.32. The Kier molecular flexibility index (Phi) is 5.14. The summed E-state index contributed by atoms with van der Waals surface area (Å²) < 4.78 is 37.0. The summed E-state index contributed by atoms with van der Waals surface area (Å²) >= 11 is 0. The molecule has 16 heavy (non-hydrogen) atoms. The Morgan fingerprint density at radius 2 is 1.88 bits per heavy atom. The fraction of sp³-hybridized carbons (Fsp3) is 1.00. The molecule has 0 aliphatic heterocycles. The van der Waals surface area contributed by atoms with Crippen molar-refractivity contribution < 1.29 is 17.9 Å². The van der Waals surface area contributed by atoms with Crippen LogP contribution in [0.4, 0.5) is 4.39 Å². The average molecular weight is 253 g/mol. The molecule has 1 rings (SSSR count). The number of hydrogen-bond donors (Lipinski definition) is 2. The van der Waals surface area contributed by atoms with Gasteiger partial charge in [0.05, 0.1) is 18.0 Å². The highest BCUT2D eigenvalue weighted by molar-refractivity contribution is 7.89. The van der Waals surface area contributed by atoms with Gasteiger partial charge in [0.25, 0.3) is 0 Å². The Morgan fingerprint density at radius 1 is 1.25 bits per heavy atom. The molecular formula is C10H20FNO3S. The van der Waals surface area contributed by atoms with Gasteiger partial charge >= 0.3 is 0 Å². The van der Waals surface area contributed by atoms with Crippen LogP contribution in [-0.2, 0) is 10.0 Å². The monoisotopic (exact) mass is 253 g/mol. The van der Waals surface area contributed by atoms with Crippen LogP contribution in [0.25, 0.3) is 0 Å². The number of alkyl halides is 1. The number of halogens is 1. The second-order valence-electron chi connectivity index (χ2n) is 4.47. The minimum atomic E-state index is -3.43. The summed E-state index contributed by atoms with van der Waals surface area (Å²) in [4.78, 5) is 0. The fourth-order valence-electron chi connectivity index (χ4n) is 1.95. The van der Waals surface area contributed by atoms with Crippen molar-refractivity contribution in [3.63, 3.8) is 0 Å².